The van der Waals surface area contributed by atoms with Gasteiger partial charge in [-0.2, -0.15) is 0 Å². The standard InChI is InChI=1S/C11H15ClFNO/c1-2-3-10(15)11(14)7-4-8(12)6-9(13)5-7/h4-6,10-11,15H,2-3,14H2,1H3/t10-,11+/m0/s1. The van der Waals surface area contributed by atoms with Crippen molar-refractivity contribution in [1.29, 1.82) is 0 Å². The van der Waals surface area contributed by atoms with Gasteiger partial charge in [0.05, 0.1) is 12.1 Å². The van der Waals surface area contributed by atoms with Gasteiger partial charge in [-0.3, -0.25) is 0 Å². The lowest BCUT2D eigenvalue weighted by atomic mass is 9.99. The van der Waals surface area contributed by atoms with Crippen LogP contribution < -0.4 is 5.73 Å². The smallest absolute Gasteiger partial charge is 0.125 e. The Balaban J connectivity index is 2.85. The van der Waals surface area contributed by atoms with E-state index in [0.717, 1.165) is 6.42 Å². The highest BCUT2D eigenvalue weighted by Crippen LogP contribution is 2.22. The second kappa shape index (κ2) is 5.45. The lowest BCUT2D eigenvalue weighted by Gasteiger charge is -2.18. The van der Waals surface area contributed by atoms with Crippen molar-refractivity contribution in [1.82, 2.24) is 0 Å². The first-order chi connectivity index (χ1) is 7.04. The lowest BCUT2D eigenvalue weighted by molar-refractivity contribution is 0.134. The van der Waals surface area contributed by atoms with Gasteiger partial charge in [-0.1, -0.05) is 24.9 Å². The molecule has 0 aliphatic rings. The molecule has 0 aliphatic carbocycles. The summed E-state index contributed by atoms with van der Waals surface area (Å²) in [6.45, 7) is 1.95. The van der Waals surface area contributed by atoms with E-state index < -0.39 is 18.0 Å². The Morgan fingerprint density at radius 2 is 2.13 bits per heavy atom. The van der Waals surface area contributed by atoms with E-state index in [-0.39, 0.29) is 0 Å². The van der Waals surface area contributed by atoms with E-state index in [1.54, 1.807) is 6.07 Å². The van der Waals surface area contributed by atoms with Crippen molar-refractivity contribution in [3.05, 3.63) is 34.6 Å². The van der Waals surface area contributed by atoms with Crippen molar-refractivity contribution in [2.75, 3.05) is 0 Å². The average molecular weight is 232 g/mol. The van der Waals surface area contributed by atoms with Gasteiger partial charge < -0.3 is 10.8 Å². The minimum Gasteiger partial charge on any atom is -0.391 e. The molecule has 0 saturated carbocycles. The Labute approximate surface area is 93.9 Å². The molecular formula is C11H15ClFNO. The normalized spacial score (nSPS) is 15.0. The quantitative estimate of drug-likeness (QED) is 0.837. The van der Waals surface area contributed by atoms with Crippen LogP contribution in [0.25, 0.3) is 0 Å². The number of hydrogen-bond acceptors (Lipinski definition) is 2. The fourth-order valence-corrected chi connectivity index (χ4v) is 1.70. The zero-order chi connectivity index (χ0) is 11.4. The summed E-state index contributed by atoms with van der Waals surface area (Å²) >= 11 is 5.70. The summed E-state index contributed by atoms with van der Waals surface area (Å²) in [4.78, 5) is 0. The monoisotopic (exact) mass is 231 g/mol. The van der Waals surface area contributed by atoms with Gasteiger partial charge in [0.1, 0.15) is 5.82 Å². The Morgan fingerprint density at radius 1 is 1.47 bits per heavy atom. The molecule has 0 saturated heterocycles. The summed E-state index contributed by atoms with van der Waals surface area (Å²) < 4.78 is 13.0. The third-order valence-electron chi connectivity index (χ3n) is 2.27. The number of hydrogen-bond donors (Lipinski definition) is 2. The molecule has 0 amide bonds. The van der Waals surface area contributed by atoms with Gasteiger partial charge in [0.2, 0.25) is 0 Å². The first-order valence-corrected chi connectivity index (χ1v) is 5.32. The SMILES string of the molecule is CCC[C@H](O)[C@H](N)c1cc(F)cc(Cl)c1. The molecule has 0 fully saturated rings. The van der Waals surface area contributed by atoms with Crippen molar-refractivity contribution in [2.24, 2.45) is 5.73 Å². The Kier molecular flexibility index (Phi) is 4.51. The molecule has 3 N–H and O–H groups in total. The molecule has 1 rings (SSSR count). The van der Waals surface area contributed by atoms with Gasteiger partial charge in [0.15, 0.2) is 0 Å². The van der Waals surface area contributed by atoms with Crippen LogP contribution >= 0.6 is 11.6 Å². The zero-order valence-corrected chi connectivity index (χ0v) is 9.34. The highest BCUT2D eigenvalue weighted by Gasteiger charge is 2.16. The molecule has 84 valence electrons. The molecule has 0 aromatic heterocycles. The zero-order valence-electron chi connectivity index (χ0n) is 8.58. The molecule has 0 bridgehead atoms. The Hall–Kier alpha value is -0.640. The van der Waals surface area contributed by atoms with E-state index in [1.165, 1.54) is 12.1 Å². The van der Waals surface area contributed by atoms with E-state index in [0.29, 0.717) is 17.0 Å². The van der Waals surface area contributed by atoms with Crippen LogP contribution in [0.2, 0.25) is 5.02 Å². The van der Waals surface area contributed by atoms with Gasteiger partial charge in [-0.25, -0.2) is 4.39 Å². The minimum absolute atomic E-state index is 0.296. The van der Waals surface area contributed by atoms with E-state index in [2.05, 4.69) is 0 Å². The average Bonchev–Trinajstić information content (AvgIpc) is 2.15. The number of rotatable bonds is 4. The van der Waals surface area contributed by atoms with Crippen LogP contribution in [0.3, 0.4) is 0 Å². The molecule has 1 aromatic carbocycles. The first kappa shape index (κ1) is 12.4. The third-order valence-corrected chi connectivity index (χ3v) is 2.49. The number of nitrogens with two attached hydrogens (primary N) is 1. The third kappa shape index (κ3) is 3.45. The largest absolute Gasteiger partial charge is 0.391 e. The molecular weight excluding hydrogens is 217 g/mol. The van der Waals surface area contributed by atoms with Crippen LogP contribution in [0, 0.1) is 5.82 Å². The van der Waals surface area contributed by atoms with E-state index in [4.69, 9.17) is 17.3 Å². The summed E-state index contributed by atoms with van der Waals surface area (Å²) in [5.74, 6) is -0.434. The van der Waals surface area contributed by atoms with Crippen LogP contribution in [0.4, 0.5) is 4.39 Å². The van der Waals surface area contributed by atoms with Crippen LogP contribution in [0.15, 0.2) is 18.2 Å². The van der Waals surface area contributed by atoms with Crippen molar-refractivity contribution >= 4 is 11.6 Å². The topological polar surface area (TPSA) is 46.2 Å². The van der Waals surface area contributed by atoms with Crippen molar-refractivity contribution in [2.45, 2.75) is 31.9 Å². The summed E-state index contributed by atoms with van der Waals surface area (Å²) in [6.07, 6.45) is 0.764. The van der Waals surface area contributed by atoms with Crippen LogP contribution in [0.5, 0.6) is 0 Å². The molecule has 0 aliphatic heterocycles. The maximum Gasteiger partial charge on any atom is 0.125 e. The first-order valence-electron chi connectivity index (χ1n) is 4.94. The van der Waals surface area contributed by atoms with Crippen molar-refractivity contribution in [3.63, 3.8) is 0 Å². The number of aliphatic hydroxyl groups excluding tert-OH is 1. The molecule has 2 nitrogen and oxygen atoms in total. The Bertz CT molecular complexity index is 312. The van der Waals surface area contributed by atoms with Gasteiger partial charge in [-0.15, -0.1) is 0 Å². The van der Waals surface area contributed by atoms with E-state index in [9.17, 15) is 9.50 Å². The number of benzene rings is 1. The maximum absolute atomic E-state index is 13.0. The maximum atomic E-state index is 13.0. The van der Waals surface area contributed by atoms with E-state index in [1.807, 2.05) is 6.92 Å². The van der Waals surface area contributed by atoms with E-state index >= 15 is 0 Å². The van der Waals surface area contributed by atoms with Crippen molar-refractivity contribution in [3.8, 4) is 0 Å². The Morgan fingerprint density at radius 3 is 2.67 bits per heavy atom. The lowest BCUT2D eigenvalue weighted by Crippen LogP contribution is -2.26. The summed E-state index contributed by atoms with van der Waals surface area (Å²) in [7, 11) is 0. The van der Waals surface area contributed by atoms with Gasteiger partial charge in [-0.05, 0) is 30.2 Å². The number of aliphatic hydroxyl groups is 1. The highest BCUT2D eigenvalue weighted by molar-refractivity contribution is 6.30. The van der Waals surface area contributed by atoms with Crippen LogP contribution in [0.1, 0.15) is 31.4 Å². The molecule has 0 unspecified atom stereocenters. The second-order valence-corrected chi connectivity index (χ2v) is 4.02. The number of halogens is 2. The van der Waals surface area contributed by atoms with Crippen molar-refractivity contribution < 1.29 is 9.50 Å². The fourth-order valence-electron chi connectivity index (χ4n) is 1.47. The summed E-state index contributed by atoms with van der Waals surface area (Å²) in [5, 5.41) is 9.96. The predicted octanol–water partition coefficient (Wildman–Crippen LogP) is 2.64. The van der Waals surface area contributed by atoms with Crippen LogP contribution in [-0.4, -0.2) is 11.2 Å². The minimum atomic E-state index is -0.659. The summed E-state index contributed by atoms with van der Waals surface area (Å²) in [5.41, 5.74) is 6.32. The summed E-state index contributed by atoms with van der Waals surface area (Å²) in [6, 6.07) is 3.51. The molecule has 1 aromatic rings. The second-order valence-electron chi connectivity index (χ2n) is 3.58. The molecule has 15 heavy (non-hydrogen) atoms. The highest BCUT2D eigenvalue weighted by atomic mass is 35.5. The van der Waals surface area contributed by atoms with Gasteiger partial charge in [0.25, 0.3) is 0 Å². The molecule has 0 spiro atoms. The fraction of sp³-hybridized carbons (Fsp3) is 0.455. The van der Waals surface area contributed by atoms with Gasteiger partial charge in [0, 0.05) is 5.02 Å². The molecule has 4 heteroatoms. The molecule has 0 radical (unpaired) electrons. The molecule has 0 heterocycles. The van der Waals surface area contributed by atoms with Crippen LogP contribution in [-0.2, 0) is 0 Å². The van der Waals surface area contributed by atoms with Gasteiger partial charge >= 0.3 is 0 Å². The molecule has 2 atom stereocenters. The predicted molar refractivity (Wildman–Crippen MR) is 59.3 cm³/mol.